The molecule has 3 N–H and O–H groups in total. The van der Waals surface area contributed by atoms with Gasteiger partial charge in [0, 0.05) is 12.5 Å². The Labute approximate surface area is 119 Å². The van der Waals surface area contributed by atoms with Crippen molar-refractivity contribution in [2.75, 3.05) is 0 Å². The molecule has 0 radical (unpaired) electrons. The Morgan fingerprint density at radius 3 is 2.20 bits per heavy atom. The minimum absolute atomic E-state index is 0.0128. The first kappa shape index (κ1) is 16.0. The van der Waals surface area contributed by atoms with Crippen LogP contribution in [0, 0.1) is 5.92 Å². The van der Waals surface area contributed by atoms with Gasteiger partial charge in [-0.05, 0) is 18.4 Å². The van der Waals surface area contributed by atoms with Gasteiger partial charge in [-0.1, -0.05) is 44.2 Å². The number of carbonyl (C=O) groups is 2. The molecule has 5 nitrogen and oxygen atoms in total. The number of hydrogen-bond donors (Lipinski definition) is 3. The number of nitrogens with one attached hydrogen (secondary N) is 2. The number of carboxylic acid groups (broad SMARTS) is 1. The van der Waals surface area contributed by atoms with Gasteiger partial charge < -0.3 is 15.7 Å². The molecule has 2 atom stereocenters. The minimum Gasteiger partial charge on any atom is -0.480 e. The number of amides is 2. The Morgan fingerprint density at radius 2 is 1.70 bits per heavy atom. The summed E-state index contributed by atoms with van der Waals surface area (Å²) in [6, 6.07) is 7.83. The molecule has 0 fully saturated rings. The number of carboxylic acids is 1. The van der Waals surface area contributed by atoms with Gasteiger partial charge in [0.15, 0.2) is 0 Å². The Bertz CT molecular complexity index is 446. The van der Waals surface area contributed by atoms with Gasteiger partial charge in [-0.25, -0.2) is 9.59 Å². The van der Waals surface area contributed by atoms with Crippen molar-refractivity contribution in [1.82, 2.24) is 10.6 Å². The fourth-order valence-corrected chi connectivity index (χ4v) is 1.62. The van der Waals surface area contributed by atoms with Crippen molar-refractivity contribution in [2.45, 2.75) is 39.3 Å². The van der Waals surface area contributed by atoms with Crippen molar-refractivity contribution in [3.63, 3.8) is 0 Å². The molecule has 0 aromatic heterocycles. The lowest BCUT2D eigenvalue weighted by atomic mass is 10.1. The molecule has 0 saturated carbocycles. The SMILES string of the molecule is CC(C)C(C)NC(=O)N[C@@H](Cc1ccccc1)C(=O)O. The lowest BCUT2D eigenvalue weighted by Crippen LogP contribution is -2.50. The third-order valence-corrected chi connectivity index (χ3v) is 3.24. The average molecular weight is 278 g/mol. The van der Waals surface area contributed by atoms with Gasteiger partial charge >= 0.3 is 12.0 Å². The lowest BCUT2D eigenvalue weighted by Gasteiger charge is -2.20. The Balaban J connectivity index is 2.59. The van der Waals surface area contributed by atoms with Crippen LogP contribution in [0.3, 0.4) is 0 Å². The van der Waals surface area contributed by atoms with E-state index in [9.17, 15) is 14.7 Å². The molecule has 0 aliphatic heterocycles. The average Bonchev–Trinajstić information content (AvgIpc) is 2.38. The van der Waals surface area contributed by atoms with Crippen molar-refractivity contribution >= 4 is 12.0 Å². The summed E-state index contributed by atoms with van der Waals surface area (Å²) in [5.41, 5.74) is 0.872. The number of rotatable bonds is 6. The van der Waals surface area contributed by atoms with E-state index < -0.39 is 18.0 Å². The molecule has 110 valence electrons. The molecule has 1 aromatic carbocycles. The highest BCUT2D eigenvalue weighted by atomic mass is 16.4. The molecule has 0 spiro atoms. The molecule has 0 saturated heterocycles. The summed E-state index contributed by atoms with van der Waals surface area (Å²) in [6.07, 6.45) is 0.264. The van der Waals surface area contributed by atoms with Gasteiger partial charge in [0.05, 0.1) is 0 Å². The van der Waals surface area contributed by atoms with E-state index >= 15 is 0 Å². The standard InChI is InChI=1S/C15H22N2O3/c1-10(2)11(3)16-15(20)17-13(14(18)19)9-12-7-5-4-6-8-12/h4-8,10-11,13H,9H2,1-3H3,(H,18,19)(H2,16,17,20)/t11?,13-/m0/s1. The highest BCUT2D eigenvalue weighted by Crippen LogP contribution is 2.04. The monoisotopic (exact) mass is 278 g/mol. The summed E-state index contributed by atoms with van der Waals surface area (Å²) >= 11 is 0. The zero-order valence-electron chi connectivity index (χ0n) is 12.1. The van der Waals surface area contributed by atoms with Gasteiger partial charge in [0.25, 0.3) is 0 Å². The molecule has 2 amide bonds. The lowest BCUT2D eigenvalue weighted by molar-refractivity contribution is -0.139. The van der Waals surface area contributed by atoms with Crippen LogP contribution in [0.5, 0.6) is 0 Å². The molecule has 0 aliphatic carbocycles. The van der Waals surface area contributed by atoms with Crippen LogP contribution < -0.4 is 10.6 Å². The van der Waals surface area contributed by atoms with Crippen LogP contribution in [0.4, 0.5) is 4.79 Å². The smallest absolute Gasteiger partial charge is 0.326 e. The van der Waals surface area contributed by atoms with E-state index in [1.165, 1.54) is 0 Å². The summed E-state index contributed by atoms with van der Waals surface area (Å²) in [6.45, 7) is 5.87. The maximum Gasteiger partial charge on any atom is 0.326 e. The molecular formula is C15H22N2O3. The fraction of sp³-hybridized carbons (Fsp3) is 0.467. The van der Waals surface area contributed by atoms with Gasteiger partial charge in [-0.15, -0.1) is 0 Å². The molecule has 1 unspecified atom stereocenters. The summed E-state index contributed by atoms with van der Waals surface area (Å²) < 4.78 is 0. The van der Waals surface area contributed by atoms with Crippen LogP contribution in [-0.2, 0) is 11.2 Å². The molecule has 1 rings (SSSR count). The van der Waals surface area contributed by atoms with Crippen LogP contribution in [0.25, 0.3) is 0 Å². The van der Waals surface area contributed by atoms with Crippen LogP contribution >= 0.6 is 0 Å². The number of hydrogen-bond acceptors (Lipinski definition) is 2. The van der Waals surface area contributed by atoms with E-state index in [2.05, 4.69) is 10.6 Å². The number of carbonyl (C=O) groups excluding carboxylic acids is 1. The normalized spacial score (nSPS) is 13.6. The third-order valence-electron chi connectivity index (χ3n) is 3.24. The molecule has 20 heavy (non-hydrogen) atoms. The number of urea groups is 1. The molecular weight excluding hydrogens is 256 g/mol. The highest BCUT2D eigenvalue weighted by Gasteiger charge is 2.21. The second-order valence-corrected chi connectivity index (χ2v) is 5.23. The van der Waals surface area contributed by atoms with Gasteiger partial charge in [-0.3, -0.25) is 0 Å². The zero-order valence-corrected chi connectivity index (χ0v) is 12.1. The first-order chi connectivity index (χ1) is 9.40. The highest BCUT2D eigenvalue weighted by molar-refractivity contribution is 5.82. The zero-order chi connectivity index (χ0) is 15.1. The van der Waals surface area contributed by atoms with Crippen molar-refractivity contribution in [1.29, 1.82) is 0 Å². The summed E-state index contributed by atoms with van der Waals surface area (Å²) in [7, 11) is 0. The third kappa shape index (κ3) is 5.30. The molecule has 0 aliphatic rings. The van der Waals surface area contributed by atoms with Gasteiger partial charge in [-0.2, -0.15) is 0 Å². The topological polar surface area (TPSA) is 78.4 Å². The quantitative estimate of drug-likeness (QED) is 0.745. The maximum atomic E-state index is 11.8. The van der Waals surface area contributed by atoms with Gasteiger partial charge in [0.2, 0.25) is 0 Å². The number of aliphatic carboxylic acids is 1. The van der Waals surface area contributed by atoms with E-state index in [1.54, 1.807) is 0 Å². The van der Waals surface area contributed by atoms with Crippen LogP contribution in [0.15, 0.2) is 30.3 Å². The molecule has 0 bridgehead atoms. The second kappa shape index (κ2) is 7.53. The van der Waals surface area contributed by atoms with E-state index in [1.807, 2.05) is 51.1 Å². The largest absolute Gasteiger partial charge is 0.480 e. The van der Waals surface area contributed by atoms with E-state index in [-0.39, 0.29) is 18.4 Å². The van der Waals surface area contributed by atoms with E-state index in [0.717, 1.165) is 5.56 Å². The Hall–Kier alpha value is -2.04. The van der Waals surface area contributed by atoms with Crippen molar-refractivity contribution in [3.8, 4) is 0 Å². The van der Waals surface area contributed by atoms with Crippen LogP contribution in [0.2, 0.25) is 0 Å². The molecule has 0 heterocycles. The first-order valence-electron chi connectivity index (χ1n) is 6.74. The fourth-order valence-electron chi connectivity index (χ4n) is 1.62. The molecule has 1 aromatic rings. The number of benzene rings is 1. The van der Waals surface area contributed by atoms with Crippen LogP contribution in [0.1, 0.15) is 26.3 Å². The van der Waals surface area contributed by atoms with Gasteiger partial charge in [0.1, 0.15) is 6.04 Å². The minimum atomic E-state index is -1.04. The van der Waals surface area contributed by atoms with Crippen molar-refractivity contribution in [3.05, 3.63) is 35.9 Å². The summed E-state index contributed by atoms with van der Waals surface area (Å²) in [4.78, 5) is 23.0. The maximum absolute atomic E-state index is 11.8. The van der Waals surface area contributed by atoms with Crippen LogP contribution in [-0.4, -0.2) is 29.2 Å². The molecule has 5 heteroatoms. The predicted molar refractivity (Wildman–Crippen MR) is 77.5 cm³/mol. The van der Waals surface area contributed by atoms with Crippen molar-refractivity contribution in [2.24, 2.45) is 5.92 Å². The van der Waals surface area contributed by atoms with E-state index in [4.69, 9.17) is 0 Å². The Morgan fingerprint density at radius 1 is 1.10 bits per heavy atom. The predicted octanol–water partition coefficient (Wildman–Crippen LogP) is 2.03. The first-order valence-corrected chi connectivity index (χ1v) is 6.74. The second-order valence-electron chi connectivity index (χ2n) is 5.23. The Kier molecular flexibility index (Phi) is 6.03. The summed E-state index contributed by atoms with van der Waals surface area (Å²) in [5.74, 6) is -0.751. The van der Waals surface area contributed by atoms with Crippen molar-refractivity contribution < 1.29 is 14.7 Å². The summed E-state index contributed by atoms with van der Waals surface area (Å²) in [5, 5.41) is 14.4. The van der Waals surface area contributed by atoms with E-state index in [0.29, 0.717) is 0 Å².